The zero-order chi connectivity index (χ0) is 14.2. The van der Waals surface area contributed by atoms with Crippen molar-refractivity contribution in [1.82, 2.24) is 5.32 Å². The summed E-state index contributed by atoms with van der Waals surface area (Å²) in [5, 5.41) is 3.40. The molecule has 0 fully saturated rings. The molecule has 0 bridgehead atoms. The third kappa shape index (κ3) is 2.53. The van der Waals surface area contributed by atoms with Crippen LogP contribution in [0.5, 0.6) is 11.5 Å². The van der Waals surface area contributed by atoms with Crippen molar-refractivity contribution in [2.45, 2.75) is 12.5 Å². The molecule has 5 heteroatoms. The van der Waals surface area contributed by atoms with Gasteiger partial charge >= 0.3 is 0 Å². The average Bonchev–Trinajstić information content (AvgIpc) is 2.53. The van der Waals surface area contributed by atoms with Crippen molar-refractivity contribution in [3.05, 3.63) is 58.9 Å². The summed E-state index contributed by atoms with van der Waals surface area (Å²) < 4.78 is 25.4. The topological polar surface area (TPSA) is 30.5 Å². The fraction of sp³-hybridized carbons (Fsp3) is 0.294. The van der Waals surface area contributed by atoms with Crippen LogP contribution in [-0.2, 0) is 6.42 Å². The summed E-state index contributed by atoms with van der Waals surface area (Å²) >= 11 is 0. The minimum Gasteiger partial charge on any atom is -0.486 e. The molecule has 2 aliphatic rings. The lowest BCUT2D eigenvalue weighted by atomic mass is 9.89. The predicted octanol–water partition coefficient (Wildman–Crippen LogP) is 3.25. The molecule has 1 unspecified atom stereocenters. The first-order valence-corrected chi connectivity index (χ1v) is 7.23. The quantitative estimate of drug-likeness (QED) is 0.874. The Morgan fingerprint density at radius 1 is 1.00 bits per heavy atom. The van der Waals surface area contributed by atoms with Crippen molar-refractivity contribution in [3.8, 4) is 11.5 Å². The maximum Gasteiger partial charge on any atom is 0.161 e. The molecule has 4 rings (SSSR count). The largest absolute Gasteiger partial charge is 0.486 e. The molecule has 0 spiro atoms. The number of halogens is 2. The molecule has 0 saturated heterocycles. The molecule has 0 aliphatic carbocycles. The smallest absolute Gasteiger partial charge is 0.161 e. The molecule has 0 saturated carbocycles. The Kier molecular flexibility index (Phi) is 4.23. The number of nitrogens with one attached hydrogen (secondary N) is 1. The molecule has 2 aliphatic heterocycles. The zero-order valence-corrected chi connectivity index (χ0v) is 12.8. The van der Waals surface area contributed by atoms with Crippen molar-refractivity contribution in [2.75, 3.05) is 19.8 Å². The van der Waals surface area contributed by atoms with E-state index in [2.05, 4.69) is 5.32 Å². The number of hydrogen-bond donors (Lipinski definition) is 1. The number of hydrogen-bond acceptors (Lipinski definition) is 3. The van der Waals surface area contributed by atoms with E-state index < -0.39 is 0 Å². The van der Waals surface area contributed by atoms with Crippen molar-refractivity contribution in [2.24, 2.45) is 0 Å². The summed E-state index contributed by atoms with van der Waals surface area (Å²) in [4.78, 5) is 0. The second kappa shape index (κ2) is 6.15. The molecular weight excluding hydrogens is 305 g/mol. The number of benzene rings is 2. The van der Waals surface area contributed by atoms with Gasteiger partial charge in [0.2, 0.25) is 0 Å². The van der Waals surface area contributed by atoms with Crippen molar-refractivity contribution < 1.29 is 13.9 Å². The van der Waals surface area contributed by atoms with Gasteiger partial charge in [-0.05, 0) is 35.7 Å². The van der Waals surface area contributed by atoms with Gasteiger partial charge in [-0.3, -0.25) is 0 Å². The summed E-state index contributed by atoms with van der Waals surface area (Å²) in [6, 6.07) is 10.8. The fourth-order valence-corrected chi connectivity index (χ4v) is 3.08. The number of fused-ring (bicyclic) bond motifs is 2. The van der Waals surface area contributed by atoms with E-state index >= 15 is 0 Å². The van der Waals surface area contributed by atoms with Gasteiger partial charge in [0.25, 0.3) is 0 Å². The van der Waals surface area contributed by atoms with E-state index in [0.29, 0.717) is 18.8 Å². The molecule has 22 heavy (non-hydrogen) atoms. The summed E-state index contributed by atoms with van der Waals surface area (Å²) in [7, 11) is 0. The molecule has 2 aromatic carbocycles. The maximum absolute atomic E-state index is 14.1. The van der Waals surface area contributed by atoms with Crippen molar-refractivity contribution in [3.63, 3.8) is 0 Å². The van der Waals surface area contributed by atoms with Crippen LogP contribution in [0.2, 0.25) is 0 Å². The lowest BCUT2D eigenvalue weighted by Gasteiger charge is -2.30. The second-order valence-corrected chi connectivity index (χ2v) is 5.35. The molecule has 1 atom stereocenters. The first-order chi connectivity index (χ1) is 10.3. The van der Waals surface area contributed by atoms with Gasteiger partial charge in [0, 0.05) is 12.1 Å². The number of ether oxygens (including phenoxy) is 2. The van der Waals surface area contributed by atoms with E-state index in [9.17, 15) is 4.39 Å². The van der Waals surface area contributed by atoms with Gasteiger partial charge in [0.15, 0.2) is 11.5 Å². The Morgan fingerprint density at radius 3 is 2.50 bits per heavy atom. The number of rotatable bonds is 1. The lowest BCUT2D eigenvalue weighted by molar-refractivity contribution is 0.171. The third-order valence-corrected chi connectivity index (χ3v) is 4.07. The molecular formula is C17H17ClFNO2. The molecule has 3 nitrogen and oxygen atoms in total. The highest BCUT2D eigenvalue weighted by Gasteiger charge is 2.26. The van der Waals surface area contributed by atoms with E-state index in [4.69, 9.17) is 9.47 Å². The van der Waals surface area contributed by atoms with Crippen LogP contribution in [0.25, 0.3) is 0 Å². The molecule has 0 radical (unpaired) electrons. The van der Waals surface area contributed by atoms with E-state index in [-0.39, 0.29) is 24.3 Å². The minimum atomic E-state index is -0.183. The van der Waals surface area contributed by atoms with Crippen molar-refractivity contribution >= 4 is 12.4 Å². The van der Waals surface area contributed by atoms with Crippen molar-refractivity contribution in [1.29, 1.82) is 0 Å². The fourth-order valence-electron chi connectivity index (χ4n) is 3.08. The molecule has 0 amide bonds. The summed E-state index contributed by atoms with van der Waals surface area (Å²) in [6.07, 6.45) is 0.914. The van der Waals surface area contributed by atoms with Crippen LogP contribution in [0.15, 0.2) is 36.4 Å². The Morgan fingerprint density at radius 2 is 1.73 bits per heavy atom. The van der Waals surface area contributed by atoms with E-state index in [0.717, 1.165) is 30.0 Å². The van der Waals surface area contributed by atoms with Crippen LogP contribution < -0.4 is 14.8 Å². The highest BCUT2D eigenvalue weighted by Crippen LogP contribution is 2.39. The van der Waals surface area contributed by atoms with Gasteiger partial charge < -0.3 is 14.8 Å². The summed E-state index contributed by atoms with van der Waals surface area (Å²) in [5.74, 6) is 1.37. The van der Waals surface area contributed by atoms with Gasteiger partial charge in [0.05, 0.1) is 6.04 Å². The van der Waals surface area contributed by atoms with Crippen LogP contribution in [0.4, 0.5) is 4.39 Å². The van der Waals surface area contributed by atoms with E-state index in [1.54, 1.807) is 6.07 Å². The van der Waals surface area contributed by atoms with Crippen LogP contribution in [0.1, 0.15) is 22.7 Å². The highest BCUT2D eigenvalue weighted by molar-refractivity contribution is 5.85. The SMILES string of the molecule is Cl.Fc1ccccc1C1NCCc2cc3c(cc21)OCCO3. The van der Waals surface area contributed by atoms with Gasteiger partial charge in [0.1, 0.15) is 19.0 Å². The van der Waals surface area contributed by atoms with Gasteiger partial charge in [-0.2, -0.15) is 0 Å². The van der Waals surface area contributed by atoms with E-state index in [1.807, 2.05) is 24.3 Å². The average molecular weight is 322 g/mol. The molecule has 2 heterocycles. The van der Waals surface area contributed by atoms with Crippen LogP contribution in [0, 0.1) is 5.82 Å². The third-order valence-electron chi connectivity index (χ3n) is 4.07. The Hall–Kier alpha value is -1.78. The highest BCUT2D eigenvalue weighted by atomic mass is 35.5. The Labute approximate surface area is 134 Å². The predicted molar refractivity (Wildman–Crippen MR) is 84.6 cm³/mol. The zero-order valence-electron chi connectivity index (χ0n) is 12.0. The molecule has 0 aromatic heterocycles. The summed E-state index contributed by atoms with van der Waals surface area (Å²) in [5.41, 5.74) is 2.96. The monoisotopic (exact) mass is 321 g/mol. The van der Waals surface area contributed by atoms with Gasteiger partial charge in [-0.15, -0.1) is 12.4 Å². The summed E-state index contributed by atoms with van der Waals surface area (Å²) in [6.45, 7) is 1.97. The second-order valence-electron chi connectivity index (χ2n) is 5.35. The van der Waals surface area contributed by atoms with Crippen LogP contribution >= 0.6 is 12.4 Å². The van der Waals surface area contributed by atoms with Crippen LogP contribution in [-0.4, -0.2) is 19.8 Å². The molecule has 116 valence electrons. The molecule has 1 N–H and O–H groups in total. The van der Waals surface area contributed by atoms with E-state index in [1.165, 1.54) is 11.6 Å². The Balaban J connectivity index is 0.00000144. The normalized spacial score (nSPS) is 19.0. The maximum atomic E-state index is 14.1. The first-order valence-electron chi connectivity index (χ1n) is 7.23. The van der Waals surface area contributed by atoms with Gasteiger partial charge in [-0.1, -0.05) is 18.2 Å². The van der Waals surface area contributed by atoms with Gasteiger partial charge in [-0.25, -0.2) is 4.39 Å². The standard InChI is InChI=1S/C17H16FNO2.ClH/c18-14-4-2-1-3-12(14)17-13-10-16-15(20-7-8-21-16)9-11(13)5-6-19-17;/h1-4,9-10,17,19H,5-8H2;1H. The first kappa shape index (κ1) is 15.1. The molecule has 2 aromatic rings. The lowest BCUT2D eigenvalue weighted by Crippen LogP contribution is -2.31. The Bertz CT molecular complexity index is 692. The minimum absolute atomic E-state index is 0. The van der Waals surface area contributed by atoms with Crippen LogP contribution in [0.3, 0.4) is 0 Å².